The molecule has 8 nitrogen and oxygen atoms in total. The van der Waals surface area contributed by atoms with Gasteiger partial charge in [0.1, 0.15) is 0 Å². The summed E-state index contributed by atoms with van der Waals surface area (Å²) in [6.45, 7) is 16.7. The maximum Gasteiger partial charge on any atom is 0.253 e. The Morgan fingerprint density at radius 3 is 2.49 bits per heavy atom. The molecule has 1 atom stereocenters. The molecule has 35 heavy (non-hydrogen) atoms. The Bertz CT molecular complexity index is 826. The van der Waals surface area contributed by atoms with Crippen molar-refractivity contribution in [2.45, 2.75) is 110 Å². The van der Waals surface area contributed by atoms with Crippen LogP contribution in [0, 0.1) is 0 Å². The SMILES string of the molecule is C/C=C\C(=O)N(C=O)C(C)(C)CCOC(C)Cc1cn(CCC(C)(C)OCCC(C)(C)SF)nn1. The molecule has 0 saturated heterocycles. The quantitative estimate of drug-likeness (QED) is 0.215. The van der Waals surface area contributed by atoms with Crippen LogP contribution in [0.5, 0.6) is 0 Å². The molecule has 0 aliphatic carbocycles. The number of halogens is 1. The van der Waals surface area contributed by atoms with Crippen molar-refractivity contribution in [3.05, 3.63) is 24.0 Å². The van der Waals surface area contributed by atoms with E-state index in [1.54, 1.807) is 17.7 Å². The lowest BCUT2D eigenvalue weighted by molar-refractivity contribution is -0.141. The van der Waals surface area contributed by atoms with Crippen molar-refractivity contribution in [2.75, 3.05) is 13.2 Å². The van der Waals surface area contributed by atoms with Gasteiger partial charge in [0.2, 0.25) is 6.41 Å². The highest BCUT2D eigenvalue weighted by atomic mass is 32.2. The van der Waals surface area contributed by atoms with Crippen LogP contribution in [-0.4, -0.2) is 67.4 Å². The molecule has 1 aromatic rings. The Labute approximate surface area is 214 Å². The topological polar surface area (TPSA) is 86.5 Å². The van der Waals surface area contributed by atoms with Gasteiger partial charge >= 0.3 is 0 Å². The highest BCUT2D eigenvalue weighted by Crippen LogP contribution is 2.29. The molecule has 0 bridgehead atoms. The smallest absolute Gasteiger partial charge is 0.253 e. The molecular formula is C25H43FN4O4S. The third kappa shape index (κ3) is 11.7. The highest BCUT2D eigenvalue weighted by molar-refractivity contribution is 7.95. The average molecular weight is 515 g/mol. The van der Waals surface area contributed by atoms with E-state index in [0.29, 0.717) is 57.6 Å². The van der Waals surface area contributed by atoms with E-state index in [0.717, 1.165) is 12.1 Å². The van der Waals surface area contributed by atoms with Gasteiger partial charge in [-0.05, 0) is 80.7 Å². The predicted molar refractivity (Wildman–Crippen MR) is 138 cm³/mol. The zero-order valence-electron chi connectivity index (χ0n) is 22.5. The minimum absolute atomic E-state index is 0.0941. The van der Waals surface area contributed by atoms with E-state index in [9.17, 15) is 13.5 Å². The Balaban J connectivity index is 2.46. The van der Waals surface area contributed by atoms with Gasteiger partial charge in [-0.15, -0.1) is 5.10 Å². The zero-order chi connectivity index (χ0) is 26.7. The van der Waals surface area contributed by atoms with Gasteiger partial charge in [0.15, 0.2) is 0 Å². The number of nitrogens with zero attached hydrogens (tertiary/aromatic N) is 4. The molecule has 0 spiro atoms. The lowest BCUT2D eigenvalue weighted by Gasteiger charge is -2.33. The lowest BCUT2D eigenvalue weighted by atomic mass is 9.99. The minimum atomic E-state index is -0.656. The molecule has 1 aromatic heterocycles. The molecule has 1 heterocycles. The Morgan fingerprint density at radius 2 is 1.89 bits per heavy atom. The fourth-order valence-corrected chi connectivity index (χ4v) is 3.47. The minimum Gasteiger partial charge on any atom is -0.378 e. The van der Waals surface area contributed by atoms with Crippen LogP contribution in [0.4, 0.5) is 3.89 Å². The van der Waals surface area contributed by atoms with Crippen molar-refractivity contribution in [3.63, 3.8) is 0 Å². The molecule has 10 heteroatoms. The first-order valence-electron chi connectivity index (χ1n) is 12.1. The van der Waals surface area contributed by atoms with Crippen molar-refractivity contribution in [3.8, 4) is 0 Å². The summed E-state index contributed by atoms with van der Waals surface area (Å²) in [6.07, 6.45) is 7.88. The Morgan fingerprint density at radius 1 is 1.20 bits per heavy atom. The van der Waals surface area contributed by atoms with Crippen LogP contribution < -0.4 is 0 Å². The van der Waals surface area contributed by atoms with E-state index in [1.165, 1.54) is 11.0 Å². The molecule has 2 amide bonds. The van der Waals surface area contributed by atoms with Crippen LogP contribution in [0.3, 0.4) is 0 Å². The molecule has 0 fully saturated rings. The first kappa shape index (κ1) is 31.3. The predicted octanol–water partition coefficient (Wildman–Crippen LogP) is 4.93. The summed E-state index contributed by atoms with van der Waals surface area (Å²) in [6, 6.07) is 0. The molecule has 0 radical (unpaired) electrons. The van der Waals surface area contributed by atoms with Gasteiger partial charge in [-0.3, -0.25) is 19.2 Å². The molecule has 1 unspecified atom stereocenters. The summed E-state index contributed by atoms with van der Waals surface area (Å²) in [5.74, 6) is -0.339. The van der Waals surface area contributed by atoms with Gasteiger partial charge in [-0.1, -0.05) is 11.3 Å². The molecule has 0 aliphatic heterocycles. The number of aryl methyl sites for hydroxylation is 1. The second-order valence-electron chi connectivity index (χ2n) is 10.7. The standard InChI is InChI=1S/C25H43FN4O4S/c1-9-10-22(32)30(19-31)23(3,4)12-15-33-20(2)17-21-18-29(28-27-21)14-11-24(5,6)34-16-13-25(7,8)35-26/h9-10,18-20H,11-17H2,1-8H3/b10-9-. The number of imide groups is 1. The fraction of sp³-hybridized carbons (Fsp3) is 0.760. The maximum absolute atomic E-state index is 12.9. The van der Waals surface area contributed by atoms with Crippen LogP contribution in [-0.2, 0) is 32.0 Å². The first-order valence-corrected chi connectivity index (χ1v) is 12.8. The summed E-state index contributed by atoms with van der Waals surface area (Å²) in [5.41, 5.74) is -0.179. The first-order chi connectivity index (χ1) is 16.2. The van der Waals surface area contributed by atoms with Crippen LogP contribution >= 0.6 is 12.1 Å². The van der Waals surface area contributed by atoms with E-state index in [2.05, 4.69) is 10.3 Å². The van der Waals surface area contributed by atoms with Crippen molar-refractivity contribution in [1.29, 1.82) is 0 Å². The van der Waals surface area contributed by atoms with E-state index in [4.69, 9.17) is 9.47 Å². The number of allylic oxidation sites excluding steroid dienone is 1. The maximum atomic E-state index is 12.9. The Kier molecular flexibility index (Phi) is 12.6. The second-order valence-corrected chi connectivity index (χ2v) is 11.9. The van der Waals surface area contributed by atoms with E-state index < -0.39 is 10.3 Å². The third-order valence-corrected chi connectivity index (χ3v) is 6.47. The highest BCUT2D eigenvalue weighted by Gasteiger charge is 2.29. The van der Waals surface area contributed by atoms with Gasteiger partial charge in [-0.25, -0.2) is 0 Å². The monoisotopic (exact) mass is 514 g/mol. The van der Waals surface area contributed by atoms with Crippen molar-refractivity contribution in [2.24, 2.45) is 0 Å². The summed E-state index contributed by atoms with van der Waals surface area (Å²) in [7, 11) is 0. The van der Waals surface area contributed by atoms with Crippen LogP contribution in [0.25, 0.3) is 0 Å². The largest absolute Gasteiger partial charge is 0.378 e. The number of amides is 2. The molecule has 0 N–H and O–H groups in total. The van der Waals surface area contributed by atoms with E-state index in [1.807, 2.05) is 54.7 Å². The number of rotatable bonds is 17. The van der Waals surface area contributed by atoms with Gasteiger partial charge < -0.3 is 9.47 Å². The molecule has 0 aromatic carbocycles. The number of ether oxygens (including phenoxy) is 2. The lowest BCUT2D eigenvalue weighted by Crippen LogP contribution is -2.47. The normalized spacial score (nSPS) is 13.9. The fourth-order valence-electron chi connectivity index (χ4n) is 3.31. The zero-order valence-corrected chi connectivity index (χ0v) is 23.4. The van der Waals surface area contributed by atoms with Gasteiger partial charge in [-0.2, -0.15) is 3.89 Å². The van der Waals surface area contributed by atoms with Gasteiger partial charge in [0, 0.05) is 42.7 Å². The molecule has 0 saturated carbocycles. The molecular weight excluding hydrogens is 471 g/mol. The second kappa shape index (κ2) is 14.1. The van der Waals surface area contributed by atoms with E-state index in [-0.39, 0.29) is 17.6 Å². The van der Waals surface area contributed by atoms with Crippen LogP contribution in [0.15, 0.2) is 18.3 Å². The van der Waals surface area contributed by atoms with E-state index >= 15 is 0 Å². The van der Waals surface area contributed by atoms with Gasteiger partial charge in [0.05, 0.1) is 29.5 Å². The number of carbonyl (C=O) groups is 2. The van der Waals surface area contributed by atoms with Gasteiger partial charge in [0.25, 0.3) is 5.91 Å². The van der Waals surface area contributed by atoms with Crippen molar-refractivity contribution < 1.29 is 22.9 Å². The Hall–Kier alpha value is -1.78. The molecule has 0 aliphatic rings. The summed E-state index contributed by atoms with van der Waals surface area (Å²) >= 11 is 0.362. The van der Waals surface area contributed by atoms with Crippen molar-refractivity contribution in [1.82, 2.24) is 19.9 Å². The summed E-state index contributed by atoms with van der Waals surface area (Å²) < 4.78 is 26.1. The van der Waals surface area contributed by atoms with Crippen LogP contribution in [0.1, 0.15) is 80.3 Å². The molecule has 1 rings (SSSR count). The van der Waals surface area contributed by atoms with Crippen molar-refractivity contribution >= 4 is 24.5 Å². The third-order valence-electron chi connectivity index (χ3n) is 5.85. The number of hydrogen-bond donors (Lipinski definition) is 0. The van der Waals surface area contributed by atoms with Crippen LogP contribution in [0.2, 0.25) is 0 Å². The number of carbonyl (C=O) groups excluding carboxylic acids is 2. The summed E-state index contributed by atoms with van der Waals surface area (Å²) in [4.78, 5) is 24.7. The average Bonchev–Trinajstić information content (AvgIpc) is 3.19. The summed E-state index contributed by atoms with van der Waals surface area (Å²) in [5, 5.41) is 8.45. The molecule has 200 valence electrons. The number of hydrogen-bond acceptors (Lipinski definition) is 7. The number of aromatic nitrogens is 3.